The number of benzene rings is 2. The third kappa shape index (κ3) is 4.02. The molecule has 3 aromatic heterocycles. The van der Waals surface area contributed by atoms with E-state index in [-0.39, 0.29) is 11.7 Å². The van der Waals surface area contributed by atoms with Crippen molar-refractivity contribution < 1.29 is 17.9 Å². The monoisotopic (exact) mass is 450 g/mol. The third-order valence-corrected chi connectivity index (χ3v) is 5.68. The van der Waals surface area contributed by atoms with Gasteiger partial charge in [0.05, 0.1) is 10.3 Å². The highest BCUT2D eigenvalue weighted by molar-refractivity contribution is 7.21. The average molecular weight is 450 g/mol. The van der Waals surface area contributed by atoms with Gasteiger partial charge in [-0.15, -0.1) is 11.3 Å². The molecule has 2 aromatic carbocycles. The number of aromatic nitrogens is 4. The molecular formula is C23H13F3N4OS. The molecule has 0 unspecified atom stereocenters. The van der Waals surface area contributed by atoms with Crippen LogP contribution in [0.5, 0.6) is 11.6 Å². The Hall–Kier alpha value is -3.85. The van der Waals surface area contributed by atoms with E-state index in [0.29, 0.717) is 16.8 Å². The zero-order chi connectivity index (χ0) is 22.1. The van der Waals surface area contributed by atoms with Crippen LogP contribution in [0.3, 0.4) is 0 Å². The molecule has 0 spiro atoms. The normalized spacial score (nSPS) is 11.6. The van der Waals surface area contributed by atoms with Gasteiger partial charge in [0.25, 0.3) is 0 Å². The molecular weight excluding hydrogens is 437 g/mol. The van der Waals surface area contributed by atoms with E-state index in [1.807, 2.05) is 24.3 Å². The molecule has 0 saturated carbocycles. The second kappa shape index (κ2) is 8.01. The molecule has 32 heavy (non-hydrogen) atoms. The number of halogens is 3. The molecule has 0 bridgehead atoms. The van der Waals surface area contributed by atoms with Gasteiger partial charge in [-0.1, -0.05) is 18.2 Å². The summed E-state index contributed by atoms with van der Waals surface area (Å²) in [4.78, 5) is 17.3. The van der Waals surface area contributed by atoms with Gasteiger partial charge >= 0.3 is 6.18 Å². The van der Waals surface area contributed by atoms with Crippen molar-refractivity contribution in [2.24, 2.45) is 0 Å². The lowest BCUT2D eigenvalue weighted by Gasteiger charge is -2.08. The number of fused-ring (bicyclic) bond motifs is 1. The molecule has 0 aliphatic carbocycles. The van der Waals surface area contributed by atoms with Crippen molar-refractivity contribution in [1.29, 1.82) is 0 Å². The Bertz CT molecular complexity index is 1390. The summed E-state index contributed by atoms with van der Waals surface area (Å²) < 4.78 is 45.3. The Balaban J connectivity index is 1.45. The smallest absolute Gasteiger partial charge is 0.416 e. The molecule has 5 aromatic rings. The van der Waals surface area contributed by atoms with E-state index in [0.717, 1.165) is 27.4 Å². The largest absolute Gasteiger partial charge is 0.437 e. The van der Waals surface area contributed by atoms with Crippen molar-refractivity contribution in [3.8, 4) is 33.6 Å². The van der Waals surface area contributed by atoms with Crippen molar-refractivity contribution in [1.82, 2.24) is 19.9 Å². The van der Waals surface area contributed by atoms with Gasteiger partial charge < -0.3 is 4.74 Å². The fourth-order valence-electron chi connectivity index (χ4n) is 3.08. The molecule has 5 nitrogen and oxygen atoms in total. The lowest BCUT2D eigenvalue weighted by atomic mass is 10.1. The van der Waals surface area contributed by atoms with Crippen LogP contribution >= 0.6 is 11.3 Å². The minimum Gasteiger partial charge on any atom is -0.437 e. The van der Waals surface area contributed by atoms with Gasteiger partial charge in [-0.25, -0.2) is 9.97 Å². The molecule has 9 heteroatoms. The van der Waals surface area contributed by atoms with Crippen LogP contribution in [0.2, 0.25) is 0 Å². The fourth-order valence-corrected chi connectivity index (χ4v) is 4.05. The highest BCUT2D eigenvalue weighted by Gasteiger charge is 2.30. The van der Waals surface area contributed by atoms with E-state index in [1.54, 1.807) is 24.5 Å². The van der Waals surface area contributed by atoms with Gasteiger partial charge in [0.2, 0.25) is 5.88 Å². The predicted molar refractivity (Wildman–Crippen MR) is 115 cm³/mol. The zero-order valence-electron chi connectivity index (χ0n) is 16.2. The Morgan fingerprint density at radius 3 is 2.41 bits per heavy atom. The molecule has 0 atom stereocenters. The minimum atomic E-state index is -4.40. The van der Waals surface area contributed by atoms with Crippen molar-refractivity contribution in [2.75, 3.05) is 0 Å². The fraction of sp³-hybridized carbons (Fsp3) is 0.0435. The van der Waals surface area contributed by atoms with Gasteiger partial charge in [-0.05, 0) is 36.4 Å². The first-order valence-electron chi connectivity index (χ1n) is 9.46. The minimum absolute atomic E-state index is 0.262. The van der Waals surface area contributed by atoms with Crippen molar-refractivity contribution in [2.45, 2.75) is 6.18 Å². The van der Waals surface area contributed by atoms with Crippen LogP contribution in [0.1, 0.15) is 5.56 Å². The van der Waals surface area contributed by atoms with Crippen LogP contribution in [0.25, 0.3) is 32.2 Å². The van der Waals surface area contributed by atoms with Crippen LogP contribution in [0.15, 0.2) is 79.3 Å². The molecule has 0 radical (unpaired) electrons. The molecule has 0 fully saturated rings. The highest BCUT2D eigenvalue weighted by Crippen LogP contribution is 2.36. The number of ether oxygens (including phenoxy) is 1. The van der Waals surface area contributed by atoms with Gasteiger partial charge in [0, 0.05) is 35.8 Å². The second-order valence-electron chi connectivity index (χ2n) is 6.76. The van der Waals surface area contributed by atoms with E-state index < -0.39 is 11.7 Å². The van der Waals surface area contributed by atoms with Crippen LogP contribution in [0.4, 0.5) is 13.2 Å². The van der Waals surface area contributed by atoms with E-state index in [1.165, 1.54) is 29.7 Å². The van der Waals surface area contributed by atoms with E-state index >= 15 is 0 Å². The molecule has 158 valence electrons. The van der Waals surface area contributed by atoms with Gasteiger partial charge in [0.15, 0.2) is 11.6 Å². The van der Waals surface area contributed by atoms with Crippen LogP contribution in [-0.4, -0.2) is 19.9 Å². The number of rotatable bonds is 4. The summed E-state index contributed by atoms with van der Waals surface area (Å²) in [5.74, 6) is 1.04. The molecule has 3 heterocycles. The summed E-state index contributed by atoms with van der Waals surface area (Å²) in [6.07, 6.45) is 0.552. The van der Waals surface area contributed by atoms with Crippen LogP contribution in [0, 0.1) is 0 Å². The molecule has 0 N–H and O–H groups in total. The Morgan fingerprint density at radius 1 is 0.812 bits per heavy atom. The summed E-state index contributed by atoms with van der Waals surface area (Å²) in [5.41, 5.74) is 1.32. The summed E-state index contributed by atoms with van der Waals surface area (Å²) in [7, 11) is 0. The quantitative estimate of drug-likeness (QED) is 0.308. The Morgan fingerprint density at radius 2 is 1.66 bits per heavy atom. The SMILES string of the molecule is FC(F)(F)c1ccc(-c2nccc(Oc3cccc4sc(-c5cccnc5)nc34)n2)cc1. The molecule has 5 rings (SSSR count). The maximum Gasteiger partial charge on any atom is 0.416 e. The van der Waals surface area contributed by atoms with Crippen molar-refractivity contribution in [3.05, 3.63) is 84.8 Å². The number of hydrogen-bond donors (Lipinski definition) is 0. The number of pyridine rings is 1. The second-order valence-corrected chi connectivity index (χ2v) is 7.79. The highest BCUT2D eigenvalue weighted by atomic mass is 32.1. The summed E-state index contributed by atoms with van der Waals surface area (Å²) >= 11 is 1.52. The number of nitrogens with zero attached hydrogens (tertiary/aromatic N) is 4. The van der Waals surface area contributed by atoms with Gasteiger partial charge in [-0.3, -0.25) is 4.98 Å². The number of hydrogen-bond acceptors (Lipinski definition) is 6. The first-order valence-corrected chi connectivity index (χ1v) is 10.3. The predicted octanol–water partition coefficient (Wildman–Crippen LogP) is 6.63. The van der Waals surface area contributed by atoms with E-state index in [2.05, 4.69) is 15.0 Å². The van der Waals surface area contributed by atoms with Crippen LogP contribution < -0.4 is 4.74 Å². The number of thiazole rings is 1. The number of para-hydroxylation sites is 1. The maximum atomic E-state index is 12.8. The van der Waals surface area contributed by atoms with Gasteiger partial charge in [-0.2, -0.15) is 18.2 Å². The standard InChI is InChI=1S/C23H13F3N4OS/c24-23(25,26)16-8-6-14(7-9-16)21-28-12-10-19(29-21)31-17-4-1-5-18-20(17)30-22(32-18)15-3-2-11-27-13-15/h1-13H. The topological polar surface area (TPSA) is 60.8 Å². The summed E-state index contributed by atoms with van der Waals surface area (Å²) in [5, 5.41) is 0.817. The first-order chi connectivity index (χ1) is 15.5. The molecule has 0 aliphatic rings. The summed E-state index contributed by atoms with van der Waals surface area (Å²) in [6, 6.07) is 15.6. The maximum absolute atomic E-state index is 12.8. The third-order valence-electron chi connectivity index (χ3n) is 4.61. The summed E-state index contributed by atoms with van der Waals surface area (Å²) in [6.45, 7) is 0. The van der Waals surface area contributed by atoms with E-state index in [4.69, 9.17) is 9.72 Å². The lowest BCUT2D eigenvalue weighted by molar-refractivity contribution is -0.137. The zero-order valence-corrected chi connectivity index (χ0v) is 17.1. The van der Waals surface area contributed by atoms with Gasteiger partial charge in [0.1, 0.15) is 10.5 Å². The lowest BCUT2D eigenvalue weighted by Crippen LogP contribution is -2.04. The molecule has 0 saturated heterocycles. The molecule has 0 aliphatic heterocycles. The average Bonchev–Trinajstić information content (AvgIpc) is 3.25. The number of alkyl halides is 3. The van der Waals surface area contributed by atoms with Crippen LogP contribution in [-0.2, 0) is 6.18 Å². The Labute approximate surface area is 184 Å². The van der Waals surface area contributed by atoms with E-state index in [9.17, 15) is 13.2 Å². The van der Waals surface area contributed by atoms with Crippen molar-refractivity contribution in [3.63, 3.8) is 0 Å². The first kappa shape index (κ1) is 20.1. The Kier molecular flexibility index (Phi) is 5.02. The van der Waals surface area contributed by atoms with Crippen molar-refractivity contribution >= 4 is 21.6 Å². The molecule has 0 amide bonds.